The Morgan fingerprint density at radius 2 is 2.05 bits per heavy atom. The van der Waals surface area contributed by atoms with Crippen molar-refractivity contribution in [3.8, 4) is 5.75 Å². The van der Waals surface area contributed by atoms with E-state index in [-0.39, 0.29) is 0 Å². The molecule has 0 aliphatic heterocycles. The summed E-state index contributed by atoms with van der Waals surface area (Å²) in [6.07, 6.45) is 0. The quantitative estimate of drug-likeness (QED) is 0.849. The van der Waals surface area contributed by atoms with Crippen LogP contribution in [-0.4, -0.2) is 24.1 Å². The molecule has 0 atom stereocenters. The van der Waals surface area contributed by atoms with Gasteiger partial charge in [0, 0.05) is 23.7 Å². The van der Waals surface area contributed by atoms with E-state index < -0.39 is 0 Å². The van der Waals surface area contributed by atoms with Crippen LogP contribution in [0.2, 0.25) is 0 Å². The fourth-order valence-corrected chi connectivity index (χ4v) is 2.59. The second-order valence-electron chi connectivity index (χ2n) is 4.00. The number of ether oxygens (including phenoxy) is 1. The van der Waals surface area contributed by atoms with E-state index in [9.17, 15) is 0 Å². The summed E-state index contributed by atoms with van der Waals surface area (Å²) in [5, 5.41) is 3.04. The third kappa shape index (κ3) is 3.61. The lowest BCUT2D eigenvalue weighted by Crippen LogP contribution is -2.00. The van der Waals surface area contributed by atoms with Gasteiger partial charge in [0.05, 0.1) is 12.9 Å². The second-order valence-corrected chi connectivity index (χ2v) is 5.02. The second kappa shape index (κ2) is 6.43. The van der Waals surface area contributed by atoms with E-state index in [4.69, 9.17) is 4.74 Å². The van der Waals surface area contributed by atoms with Gasteiger partial charge in [-0.05, 0) is 19.1 Å². The van der Waals surface area contributed by atoms with E-state index in [0.717, 1.165) is 33.7 Å². The SMILES string of the molecule is CNc1cc(C)nc(CSc2ccccc2OC)n1. The number of nitrogens with one attached hydrogen (secondary N) is 1. The van der Waals surface area contributed by atoms with Crippen LogP contribution in [0.15, 0.2) is 35.2 Å². The molecule has 1 N–H and O–H groups in total. The van der Waals surface area contributed by atoms with E-state index in [0.29, 0.717) is 0 Å². The highest BCUT2D eigenvalue weighted by atomic mass is 32.2. The lowest BCUT2D eigenvalue weighted by molar-refractivity contribution is 0.405. The van der Waals surface area contributed by atoms with Crippen LogP contribution >= 0.6 is 11.8 Å². The van der Waals surface area contributed by atoms with E-state index in [1.54, 1.807) is 18.9 Å². The zero-order valence-electron chi connectivity index (χ0n) is 11.3. The van der Waals surface area contributed by atoms with Crippen LogP contribution in [0.4, 0.5) is 5.82 Å². The van der Waals surface area contributed by atoms with Crippen molar-refractivity contribution in [2.45, 2.75) is 17.6 Å². The number of nitrogens with zero attached hydrogens (tertiary/aromatic N) is 2. The van der Waals surface area contributed by atoms with E-state index in [1.807, 2.05) is 44.3 Å². The van der Waals surface area contributed by atoms with Gasteiger partial charge in [0.1, 0.15) is 17.4 Å². The first-order chi connectivity index (χ1) is 9.22. The molecule has 0 amide bonds. The minimum atomic E-state index is 0.719. The number of benzene rings is 1. The predicted molar refractivity (Wildman–Crippen MR) is 78.9 cm³/mol. The van der Waals surface area contributed by atoms with Gasteiger partial charge in [-0.15, -0.1) is 11.8 Å². The number of aromatic nitrogens is 2. The summed E-state index contributed by atoms with van der Waals surface area (Å²) in [7, 11) is 3.54. The predicted octanol–water partition coefficient (Wildman–Crippen LogP) is 3.13. The van der Waals surface area contributed by atoms with Crippen LogP contribution in [0.25, 0.3) is 0 Å². The molecular formula is C14H17N3OS. The lowest BCUT2D eigenvalue weighted by Gasteiger charge is -2.08. The average Bonchev–Trinajstić information content (AvgIpc) is 2.44. The summed E-state index contributed by atoms with van der Waals surface area (Å²) in [5.41, 5.74) is 0.968. The van der Waals surface area contributed by atoms with Crippen molar-refractivity contribution in [2.24, 2.45) is 0 Å². The zero-order valence-corrected chi connectivity index (χ0v) is 12.1. The summed E-state index contributed by atoms with van der Waals surface area (Å²) in [4.78, 5) is 9.98. The maximum absolute atomic E-state index is 5.33. The molecule has 5 heteroatoms. The Hall–Kier alpha value is -1.75. The van der Waals surface area contributed by atoms with Gasteiger partial charge in [0.2, 0.25) is 0 Å². The first-order valence-electron chi connectivity index (χ1n) is 6.01. The Labute approximate surface area is 117 Å². The van der Waals surface area contributed by atoms with Crippen molar-refractivity contribution >= 4 is 17.6 Å². The van der Waals surface area contributed by atoms with E-state index in [1.165, 1.54) is 0 Å². The molecule has 1 aromatic carbocycles. The fraction of sp³-hybridized carbons (Fsp3) is 0.286. The lowest BCUT2D eigenvalue weighted by atomic mass is 10.3. The number of thioether (sulfide) groups is 1. The van der Waals surface area contributed by atoms with Gasteiger partial charge in [0.25, 0.3) is 0 Å². The van der Waals surface area contributed by atoms with Gasteiger partial charge < -0.3 is 10.1 Å². The summed E-state index contributed by atoms with van der Waals surface area (Å²) in [6.45, 7) is 1.97. The van der Waals surface area contributed by atoms with Gasteiger partial charge in [0.15, 0.2) is 0 Å². The molecular weight excluding hydrogens is 258 g/mol. The first kappa shape index (κ1) is 13.7. The van der Waals surface area contributed by atoms with Crippen LogP contribution in [0, 0.1) is 6.92 Å². The molecule has 0 saturated carbocycles. The molecule has 2 aromatic rings. The maximum atomic E-state index is 5.33. The summed E-state index contributed by atoms with van der Waals surface area (Å²) < 4.78 is 5.33. The molecule has 0 aliphatic rings. The van der Waals surface area contributed by atoms with Gasteiger partial charge in [-0.2, -0.15) is 0 Å². The molecule has 19 heavy (non-hydrogen) atoms. The largest absolute Gasteiger partial charge is 0.496 e. The van der Waals surface area contributed by atoms with Crippen molar-refractivity contribution in [3.05, 3.63) is 41.9 Å². The molecule has 0 bridgehead atoms. The minimum absolute atomic E-state index is 0.719. The molecule has 0 fully saturated rings. The Balaban J connectivity index is 2.12. The highest BCUT2D eigenvalue weighted by Gasteiger charge is 2.06. The smallest absolute Gasteiger partial charge is 0.141 e. The molecule has 0 saturated heterocycles. The van der Waals surface area contributed by atoms with Gasteiger partial charge in [-0.25, -0.2) is 9.97 Å². The number of hydrogen-bond donors (Lipinski definition) is 1. The van der Waals surface area contributed by atoms with Crippen LogP contribution in [-0.2, 0) is 5.75 Å². The Bertz CT molecular complexity index is 560. The van der Waals surface area contributed by atoms with E-state index >= 15 is 0 Å². The molecule has 0 aliphatic carbocycles. The van der Waals surface area contributed by atoms with Gasteiger partial charge >= 0.3 is 0 Å². The zero-order chi connectivity index (χ0) is 13.7. The molecule has 0 radical (unpaired) electrons. The molecule has 4 nitrogen and oxygen atoms in total. The van der Waals surface area contributed by atoms with E-state index in [2.05, 4.69) is 15.3 Å². The number of aryl methyl sites for hydroxylation is 1. The normalized spacial score (nSPS) is 10.3. The van der Waals surface area contributed by atoms with Crippen molar-refractivity contribution < 1.29 is 4.74 Å². The Kier molecular flexibility index (Phi) is 4.63. The minimum Gasteiger partial charge on any atom is -0.496 e. The van der Waals surface area contributed by atoms with Crippen LogP contribution in [0.1, 0.15) is 11.5 Å². The van der Waals surface area contributed by atoms with Crippen LogP contribution in [0.3, 0.4) is 0 Å². The highest BCUT2D eigenvalue weighted by Crippen LogP contribution is 2.30. The van der Waals surface area contributed by atoms with Gasteiger partial charge in [-0.3, -0.25) is 0 Å². The maximum Gasteiger partial charge on any atom is 0.141 e. The summed E-state index contributed by atoms with van der Waals surface area (Å²) >= 11 is 1.67. The molecule has 100 valence electrons. The van der Waals surface area contributed by atoms with Crippen LogP contribution in [0.5, 0.6) is 5.75 Å². The number of methoxy groups -OCH3 is 1. The fourth-order valence-electron chi connectivity index (χ4n) is 1.70. The highest BCUT2D eigenvalue weighted by molar-refractivity contribution is 7.98. The topological polar surface area (TPSA) is 47.0 Å². The number of anilines is 1. The van der Waals surface area contributed by atoms with Crippen molar-refractivity contribution in [1.82, 2.24) is 9.97 Å². The third-order valence-corrected chi connectivity index (χ3v) is 3.63. The molecule has 1 heterocycles. The number of rotatable bonds is 5. The average molecular weight is 275 g/mol. The third-order valence-electron chi connectivity index (χ3n) is 2.58. The first-order valence-corrected chi connectivity index (χ1v) is 6.99. The number of para-hydroxylation sites is 1. The molecule has 1 aromatic heterocycles. The van der Waals surface area contributed by atoms with Crippen LogP contribution < -0.4 is 10.1 Å². The van der Waals surface area contributed by atoms with Crippen molar-refractivity contribution in [1.29, 1.82) is 0 Å². The van der Waals surface area contributed by atoms with Crippen molar-refractivity contribution in [3.63, 3.8) is 0 Å². The molecule has 2 rings (SSSR count). The molecule has 0 spiro atoms. The summed E-state index contributed by atoms with van der Waals surface area (Å²) in [6, 6.07) is 9.89. The molecule has 0 unspecified atom stereocenters. The Morgan fingerprint density at radius 1 is 1.26 bits per heavy atom. The standard InChI is InChI=1S/C14H17N3OS/c1-10-8-13(15-2)17-14(16-10)9-19-12-7-5-4-6-11(12)18-3/h4-8H,9H2,1-3H3,(H,15,16,17). The van der Waals surface area contributed by atoms with Gasteiger partial charge in [-0.1, -0.05) is 12.1 Å². The summed E-state index contributed by atoms with van der Waals surface area (Å²) in [5.74, 6) is 3.27. The number of hydrogen-bond acceptors (Lipinski definition) is 5. The monoisotopic (exact) mass is 275 g/mol. The van der Waals surface area contributed by atoms with Crippen molar-refractivity contribution in [2.75, 3.05) is 19.5 Å². The Morgan fingerprint density at radius 3 is 2.79 bits per heavy atom.